The SMILES string of the molecule is COC(=O)/C=C/CN(C(=O)OCc1ccccc1)[C@H]1CC[C@H]2[C@@H]1[C@H]1C=C[C@@H]2C1. The van der Waals surface area contributed by atoms with Crippen molar-refractivity contribution in [2.24, 2.45) is 23.7 Å². The maximum absolute atomic E-state index is 13.0. The normalized spacial score (nSPS) is 29.8. The van der Waals surface area contributed by atoms with Gasteiger partial charge < -0.3 is 14.4 Å². The fourth-order valence-corrected chi connectivity index (χ4v) is 5.34. The lowest BCUT2D eigenvalue weighted by atomic mass is 9.84. The molecule has 28 heavy (non-hydrogen) atoms. The summed E-state index contributed by atoms with van der Waals surface area (Å²) in [4.78, 5) is 26.2. The van der Waals surface area contributed by atoms with Gasteiger partial charge in [0.1, 0.15) is 6.61 Å². The van der Waals surface area contributed by atoms with Gasteiger partial charge >= 0.3 is 12.1 Å². The predicted octanol–water partition coefficient (Wildman–Crippen LogP) is 3.96. The van der Waals surface area contributed by atoms with Crippen LogP contribution >= 0.6 is 0 Å². The second kappa shape index (κ2) is 8.21. The minimum atomic E-state index is -0.412. The van der Waals surface area contributed by atoms with E-state index in [0.717, 1.165) is 18.4 Å². The molecular weight excluding hydrogens is 354 g/mol. The molecule has 1 aromatic carbocycles. The Bertz CT molecular complexity index is 772. The van der Waals surface area contributed by atoms with E-state index in [0.29, 0.717) is 30.2 Å². The predicted molar refractivity (Wildman–Crippen MR) is 105 cm³/mol. The molecule has 5 heteroatoms. The number of amides is 1. The Morgan fingerprint density at radius 3 is 2.71 bits per heavy atom. The van der Waals surface area contributed by atoms with Crippen LogP contribution in [0.2, 0.25) is 0 Å². The summed E-state index contributed by atoms with van der Waals surface area (Å²) in [7, 11) is 1.35. The molecule has 0 spiro atoms. The summed E-state index contributed by atoms with van der Waals surface area (Å²) in [5.74, 6) is 2.01. The van der Waals surface area contributed by atoms with Crippen molar-refractivity contribution >= 4 is 12.1 Å². The number of nitrogens with zero attached hydrogens (tertiary/aromatic N) is 1. The third-order valence-electron chi connectivity index (χ3n) is 6.53. The number of methoxy groups -OCH3 is 1. The average molecular weight is 381 g/mol. The summed E-state index contributed by atoms with van der Waals surface area (Å²) < 4.78 is 10.3. The van der Waals surface area contributed by atoms with Crippen LogP contribution in [0, 0.1) is 23.7 Å². The lowest BCUT2D eigenvalue weighted by molar-refractivity contribution is -0.134. The summed E-state index contributed by atoms with van der Waals surface area (Å²) in [6.07, 6.45) is 10.8. The van der Waals surface area contributed by atoms with Crippen LogP contribution in [-0.2, 0) is 20.9 Å². The van der Waals surface area contributed by atoms with Crippen molar-refractivity contribution < 1.29 is 19.1 Å². The molecule has 0 saturated heterocycles. The number of ether oxygens (including phenoxy) is 2. The van der Waals surface area contributed by atoms with Crippen molar-refractivity contribution in [2.45, 2.75) is 31.9 Å². The molecule has 5 atom stereocenters. The molecule has 3 aliphatic carbocycles. The summed E-state index contributed by atoms with van der Waals surface area (Å²) in [6.45, 7) is 0.612. The average Bonchev–Trinajstić information content (AvgIpc) is 3.44. The standard InChI is InChI=1S/C23H27NO4/c1-27-21(25)8-5-13-24(23(26)28-15-16-6-3-2-4-7-16)20-12-11-19-17-9-10-18(14-17)22(19)20/h2-10,17-20,22H,11-15H2,1H3/b8-5+/t17-,18+,19-,20+,22+/m1/s1. The Hall–Kier alpha value is -2.56. The van der Waals surface area contributed by atoms with Crippen LogP contribution in [0.3, 0.4) is 0 Å². The van der Waals surface area contributed by atoms with E-state index in [9.17, 15) is 9.59 Å². The molecule has 0 heterocycles. The van der Waals surface area contributed by atoms with Crippen LogP contribution in [-0.4, -0.2) is 36.7 Å². The van der Waals surface area contributed by atoms with Crippen molar-refractivity contribution in [3.05, 3.63) is 60.2 Å². The van der Waals surface area contributed by atoms with E-state index >= 15 is 0 Å². The minimum Gasteiger partial charge on any atom is -0.466 e. The van der Waals surface area contributed by atoms with Gasteiger partial charge in [0.25, 0.3) is 0 Å². The molecule has 3 aliphatic rings. The van der Waals surface area contributed by atoms with E-state index in [1.54, 1.807) is 6.08 Å². The first-order valence-corrected chi connectivity index (χ1v) is 10.1. The van der Waals surface area contributed by atoms with Crippen LogP contribution in [0.1, 0.15) is 24.8 Å². The minimum absolute atomic E-state index is 0.163. The molecule has 0 N–H and O–H groups in total. The number of carbonyl (C=O) groups is 2. The van der Waals surface area contributed by atoms with Crippen molar-refractivity contribution in [3.8, 4) is 0 Å². The van der Waals surface area contributed by atoms with Crippen molar-refractivity contribution in [3.63, 3.8) is 0 Å². The Balaban J connectivity index is 1.47. The second-order valence-corrected chi connectivity index (χ2v) is 7.95. The monoisotopic (exact) mass is 381 g/mol. The number of hydrogen-bond acceptors (Lipinski definition) is 4. The van der Waals surface area contributed by atoms with Gasteiger partial charge in [0.2, 0.25) is 0 Å². The zero-order valence-corrected chi connectivity index (χ0v) is 16.2. The zero-order valence-electron chi connectivity index (χ0n) is 16.2. The van der Waals surface area contributed by atoms with E-state index in [1.807, 2.05) is 35.2 Å². The quantitative estimate of drug-likeness (QED) is 0.425. The lowest BCUT2D eigenvalue weighted by Crippen LogP contribution is -2.44. The molecular formula is C23H27NO4. The largest absolute Gasteiger partial charge is 0.466 e. The van der Waals surface area contributed by atoms with Gasteiger partial charge in [0, 0.05) is 18.7 Å². The van der Waals surface area contributed by atoms with Gasteiger partial charge in [0.05, 0.1) is 7.11 Å². The number of benzene rings is 1. The number of esters is 1. The fraction of sp³-hybridized carbons (Fsp3) is 0.478. The highest BCUT2D eigenvalue weighted by molar-refractivity contribution is 5.81. The van der Waals surface area contributed by atoms with Gasteiger partial charge in [-0.15, -0.1) is 0 Å². The Labute approximate surface area is 166 Å². The van der Waals surface area contributed by atoms with E-state index in [-0.39, 0.29) is 18.7 Å². The van der Waals surface area contributed by atoms with Crippen molar-refractivity contribution in [2.75, 3.05) is 13.7 Å². The number of rotatable bonds is 6. The van der Waals surface area contributed by atoms with Gasteiger partial charge in [-0.2, -0.15) is 0 Å². The molecule has 2 saturated carbocycles. The smallest absolute Gasteiger partial charge is 0.410 e. The van der Waals surface area contributed by atoms with Gasteiger partial charge in [-0.1, -0.05) is 48.6 Å². The highest BCUT2D eigenvalue weighted by Gasteiger charge is 2.53. The molecule has 0 unspecified atom stereocenters. The summed E-state index contributed by atoms with van der Waals surface area (Å²) >= 11 is 0. The van der Waals surface area contributed by atoms with Crippen molar-refractivity contribution in [1.82, 2.24) is 4.90 Å². The fourth-order valence-electron chi connectivity index (χ4n) is 5.34. The molecule has 2 bridgehead atoms. The maximum atomic E-state index is 13.0. The summed E-state index contributed by atoms with van der Waals surface area (Å²) in [5.41, 5.74) is 0.966. The van der Waals surface area contributed by atoms with Crippen LogP contribution in [0.15, 0.2) is 54.6 Å². The molecule has 0 aromatic heterocycles. The summed E-state index contributed by atoms with van der Waals surface area (Å²) in [6, 6.07) is 9.86. The zero-order chi connectivity index (χ0) is 19.5. The molecule has 0 aliphatic heterocycles. The van der Waals surface area contributed by atoms with E-state index in [1.165, 1.54) is 19.6 Å². The van der Waals surface area contributed by atoms with E-state index in [4.69, 9.17) is 4.74 Å². The molecule has 5 nitrogen and oxygen atoms in total. The third-order valence-corrected chi connectivity index (χ3v) is 6.53. The first kappa shape index (κ1) is 18.8. The highest BCUT2D eigenvalue weighted by atomic mass is 16.6. The highest BCUT2D eigenvalue weighted by Crippen LogP contribution is 2.56. The number of hydrogen-bond donors (Lipinski definition) is 0. The lowest BCUT2D eigenvalue weighted by Gasteiger charge is -2.34. The van der Waals surface area contributed by atoms with Crippen LogP contribution in [0.25, 0.3) is 0 Å². The van der Waals surface area contributed by atoms with Gasteiger partial charge in [-0.3, -0.25) is 0 Å². The van der Waals surface area contributed by atoms with Crippen LogP contribution < -0.4 is 0 Å². The first-order chi connectivity index (χ1) is 13.7. The van der Waals surface area contributed by atoms with Crippen LogP contribution in [0.4, 0.5) is 4.79 Å². The topological polar surface area (TPSA) is 55.8 Å². The Morgan fingerprint density at radius 1 is 1.14 bits per heavy atom. The van der Waals surface area contributed by atoms with Gasteiger partial charge in [0.15, 0.2) is 0 Å². The van der Waals surface area contributed by atoms with E-state index in [2.05, 4.69) is 16.9 Å². The second-order valence-electron chi connectivity index (χ2n) is 7.95. The Kier molecular flexibility index (Phi) is 5.51. The summed E-state index contributed by atoms with van der Waals surface area (Å²) in [5, 5.41) is 0. The number of fused-ring (bicyclic) bond motifs is 5. The molecule has 148 valence electrons. The van der Waals surface area contributed by atoms with Crippen molar-refractivity contribution in [1.29, 1.82) is 0 Å². The van der Waals surface area contributed by atoms with Gasteiger partial charge in [-0.05, 0) is 48.5 Å². The third kappa shape index (κ3) is 3.71. The molecule has 0 radical (unpaired) electrons. The maximum Gasteiger partial charge on any atom is 0.410 e. The van der Waals surface area contributed by atoms with Crippen LogP contribution in [0.5, 0.6) is 0 Å². The number of carbonyl (C=O) groups excluding carboxylic acids is 2. The molecule has 1 amide bonds. The molecule has 1 aromatic rings. The van der Waals surface area contributed by atoms with E-state index < -0.39 is 5.97 Å². The first-order valence-electron chi connectivity index (χ1n) is 10.1. The number of allylic oxidation sites excluding steroid dienone is 2. The molecule has 2 fully saturated rings. The Morgan fingerprint density at radius 2 is 1.93 bits per heavy atom. The molecule has 4 rings (SSSR count). The van der Waals surface area contributed by atoms with Gasteiger partial charge in [-0.25, -0.2) is 9.59 Å².